The molecule has 1 aliphatic rings. The summed E-state index contributed by atoms with van der Waals surface area (Å²) in [5, 5.41) is 1.25. The van der Waals surface area contributed by atoms with Crippen molar-refractivity contribution in [3.05, 3.63) is 65.1 Å². The van der Waals surface area contributed by atoms with Gasteiger partial charge in [0.2, 0.25) is 0 Å². The van der Waals surface area contributed by atoms with Gasteiger partial charge in [0.1, 0.15) is 11.6 Å². The molecule has 0 saturated carbocycles. The molecule has 0 spiro atoms. The summed E-state index contributed by atoms with van der Waals surface area (Å²) >= 11 is 0. The number of ether oxygens (including phenoxy) is 1. The zero-order chi connectivity index (χ0) is 18.3. The third-order valence-electron chi connectivity index (χ3n) is 5.46. The topological polar surface area (TPSA) is 28.3 Å². The minimum absolute atomic E-state index is 0.124. The molecule has 1 aromatic heterocycles. The van der Waals surface area contributed by atoms with Gasteiger partial charge in [-0.25, -0.2) is 4.39 Å². The average Bonchev–Trinajstić information content (AvgIpc) is 3.00. The Labute approximate surface area is 153 Å². The van der Waals surface area contributed by atoms with Gasteiger partial charge in [-0.05, 0) is 44.5 Å². The van der Waals surface area contributed by atoms with Gasteiger partial charge in [-0.3, -0.25) is 4.90 Å². The molecule has 0 saturated heterocycles. The largest absolute Gasteiger partial charge is 0.494 e. The number of fused-ring (bicyclic) bond motifs is 3. The summed E-state index contributed by atoms with van der Waals surface area (Å²) in [6.07, 6.45) is 1.87. The van der Waals surface area contributed by atoms with Crippen LogP contribution in [-0.2, 0) is 6.42 Å². The molecule has 3 aromatic rings. The van der Waals surface area contributed by atoms with Crippen molar-refractivity contribution < 1.29 is 9.13 Å². The van der Waals surface area contributed by atoms with Gasteiger partial charge in [0.25, 0.3) is 0 Å². The Balaban J connectivity index is 1.81. The molecule has 4 heteroatoms. The van der Waals surface area contributed by atoms with Crippen molar-refractivity contribution >= 4 is 10.9 Å². The molecule has 3 nitrogen and oxygen atoms in total. The number of H-pyrrole nitrogens is 1. The first kappa shape index (κ1) is 17.1. The maximum absolute atomic E-state index is 15.0. The van der Waals surface area contributed by atoms with Gasteiger partial charge in [-0.15, -0.1) is 0 Å². The van der Waals surface area contributed by atoms with Crippen molar-refractivity contribution in [2.45, 2.75) is 38.8 Å². The summed E-state index contributed by atoms with van der Waals surface area (Å²) in [7, 11) is 2.07. The second kappa shape index (κ2) is 6.76. The normalized spacial score (nSPS) is 20.3. The van der Waals surface area contributed by atoms with E-state index in [0.717, 1.165) is 24.1 Å². The SMILES string of the molecule is CCCOc1ccc([C@H]2c3[nH]c4ccccc4c3C[C@@H](C)N2C)c(F)c1. The zero-order valence-corrected chi connectivity index (χ0v) is 15.6. The van der Waals surface area contributed by atoms with Crippen LogP contribution in [0.2, 0.25) is 0 Å². The standard InChI is InChI=1S/C22H25FN2O/c1-4-11-26-15-9-10-17(19(23)13-15)22-21-18(12-14(2)25(22)3)16-7-5-6-8-20(16)24-21/h5-10,13-14,22,24H,4,11-12H2,1-3H3/t14-,22+/m1/s1. The van der Waals surface area contributed by atoms with Crippen LogP contribution in [0, 0.1) is 5.82 Å². The molecule has 0 amide bonds. The van der Waals surface area contributed by atoms with Crippen LogP contribution in [0.25, 0.3) is 10.9 Å². The first-order chi connectivity index (χ1) is 12.6. The number of rotatable bonds is 4. The summed E-state index contributed by atoms with van der Waals surface area (Å²) in [6, 6.07) is 13.8. The smallest absolute Gasteiger partial charge is 0.132 e. The van der Waals surface area contributed by atoms with E-state index < -0.39 is 0 Å². The van der Waals surface area contributed by atoms with Gasteiger partial charge in [-0.1, -0.05) is 31.2 Å². The van der Waals surface area contributed by atoms with Crippen LogP contribution in [0.1, 0.15) is 43.1 Å². The lowest BCUT2D eigenvalue weighted by molar-refractivity contribution is 0.187. The molecule has 1 N–H and O–H groups in total. The molecular formula is C22H25FN2O. The van der Waals surface area contributed by atoms with Gasteiger partial charge in [0.05, 0.1) is 12.6 Å². The molecule has 1 aliphatic heterocycles. The molecule has 136 valence electrons. The van der Waals surface area contributed by atoms with E-state index in [-0.39, 0.29) is 11.9 Å². The number of likely N-dealkylation sites (N-methyl/N-ethyl adjacent to an activating group) is 1. The van der Waals surface area contributed by atoms with E-state index in [1.54, 1.807) is 0 Å². The van der Waals surface area contributed by atoms with Gasteiger partial charge in [0.15, 0.2) is 0 Å². The average molecular weight is 352 g/mol. The Kier molecular flexibility index (Phi) is 4.45. The molecule has 0 fully saturated rings. The van der Waals surface area contributed by atoms with E-state index in [1.807, 2.05) is 25.1 Å². The van der Waals surface area contributed by atoms with Gasteiger partial charge in [-0.2, -0.15) is 0 Å². The lowest BCUT2D eigenvalue weighted by atomic mass is 9.89. The molecule has 26 heavy (non-hydrogen) atoms. The Morgan fingerprint density at radius 2 is 2.04 bits per heavy atom. The highest BCUT2D eigenvalue weighted by molar-refractivity contribution is 5.85. The third-order valence-corrected chi connectivity index (χ3v) is 5.46. The van der Waals surface area contributed by atoms with Gasteiger partial charge >= 0.3 is 0 Å². The number of aromatic nitrogens is 1. The predicted octanol–water partition coefficient (Wildman–Crippen LogP) is 5.06. The number of hydrogen-bond acceptors (Lipinski definition) is 2. The van der Waals surface area contributed by atoms with Crippen molar-refractivity contribution in [1.82, 2.24) is 9.88 Å². The van der Waals surface area contributed by atoms with Crippen molar-refractivity contribution in [1.29, 1.82) is 0 Å². The minimum Gasteiger partial charge on any atom is -0.494 e. The Morgan fingerprint density at radius 1 is 1.23 bits per heavy atom. The van der Waals surface area contributed by atoms with Crippen LogP contribution in [-0.4, -0.2) is 29.6 Å². The van der Waals surface area contributed by atoms with Gasteiger partial charge in [0, 0.05) is 34.3 Å². The first-order valence-corrected chi connectivity index (χ1v) is 9.33. The Hall–Kier alpha value is -2.33. The fourth-order valence-electron chi connectivity index (χ4n) is 3.99. The maximum atomic E-state index is 15.0. The summed E-state index contributed by atoms with van der Waals surface area (Å²) in [5.41, 5.74) is 4.22. The number of halogens is 1. The van der Waals surface area contributed by atoms with Gasteiger partial charge < -0.3 is 9.72 Å². The summed E-state index contributed by atoms with van der Waals surface area (Å²) in [5.74, 6) is 0.380. The zero-order valence-electron chi connectivity index (χ0n) is 15.6. The maximum Gasteiger partial charge on any atom is 0.132 e. The second-order valence-corrected chi connectivity index (χ2v) is 7.22. The van der Waals surface area contributed by atoms with E-state index in [1.165, 1.54) is 17.0 Å². The summed E-state index contributed by atoms with van der Waals surface area (Å²) in [4.78, 5) is 5.80. The third kappa shape index (κ3) is 2.78. The number of nitrogens with one attached hydrogen (secondary N) is 1. The lowest BCUT2D eigenvalue weighted by Crippen LogP contribution is -2.40. The van der Waals surface area contributed by atoms with E-state index in [2.05, 4.69) is 42.1 Å². The number of nitrogens with zero attached hydrogens (tertiary/aromatic N) is 1. The lowest BCUT2D eigenvalue weighted by Gasteiger charge is -2.38. The molecule has 2 heterocycles. The minimum atomic E-state index is -0.214. The highest BCUT2D eigenvalue weighted by Gasteiger charge is 2.34. The molecule has 2 atom stereocenters. The Bertz CT molecular complexity index is 933. The molecule has 2 aromatic carbocycles. The van der Waals surface area contributed by atoms with E-state index >= 15 is 0 Å². The molecular weight excluding hydrogens is 327 g/mol. The van der Waals surface area contributed by atoms with Crippen molar-refractivity contribution in [2.75, 3.05) is 13.7 Å². The van der Waals surface area contributed by atoms with E-state index in [9.17, 15) is 4.39 Å². The molecule has 0 unspecified atom stereocenters. The fourth-order valence-corrected chi connectivity index (χ4v) is 3.99. The second-order valence-electron chi connectivity index (χ2n) is 7.22. The predicted molar refractivity (Wildman–Crippen MR) is 103 cm³/mol. The van der Waals surface area contributed by atoms with Crippen LogP contribution in [0.3, 0.4) is 0 Å². The number of para-hydroxylation sites is 1. The molecule has 0 bridgehead atoms. The number of benzene rings is 2. The van der Waals surface area contributed by atoms with Crippen LogP contribution in [0.15, 0.2) is 42.5 Å². The van der Waals surface area contributed by atoms with Crippen LogP contribution < -0.4 is 4.74 Å². The number of hydrogen-bond donors (Lipinski definition) is 1. The number of aromatic amines is 1. The van der Waals surface area contributed by atoms with Crippen molar-refractivity contribution in [2.24, 2.45) is 0 Å². The van der Waals surface area contributed by atoms with Crippen molar-refractivity contribution in [3.63, 3.8) is 0 Å². The summed E-state index contributed by atoms with van der Waals surface area (Å²) < 4.78 is 20.6. The monoisotopic (exact) mass is 352 g/mol. The van der Waals surface area contributed by atoms with Crippen LogP contribution in [0.5, 0.6) is 5.75 Å². The fraction of sp³-hybridized carbons (Fsp3) is 0.364. The quantitative estimate of drug-likeness (QED) is 0.711. The highest BCUT2D eigenvalue weighted by Crippen LogP contribution is 2.40. The van der Waals surface area contributed by atoms with E-state index in [4.69, 9.17) is 4.74 Å². The molecule has 4 rings (SSSR count). The highest BCUT2D eigenvalue weighted by atomic mass is 19.1. The van der Waals surface area contributed by atoms with E-state index in [0.29, 0.717) is 24.0 Å². The molecule has 0 radical (unpaired) electrons. The van der Waals surface area contributed by atoms with Crippen LogP contribution >= 0.6 is 0 Å². The Morgan fingerprint density at radius 3 is 2.81 bits per heavy atom. The van der Waals surface area contributed by atoms with Crippen molar-refractivity contribution in [3.8, 4) is 5.75 Å². The first-order valence-electron chi connectivity index (χ1n) is 9.33. The summed E-state index contributed by atoms with van der Waals surface area (Å²) in [6.45, 7) is 4.85. The molecule has 0 aliphatic carbocycles. The van der Waals surface area contributed by atoms with Crippen LogP contribution in [0.4, 0.5) is 4.39 Å².